The number of aliphatic hydroxyl groups excluding tert-OH is 1. The third-order valence-electron chi connectivity index (χ3n) is 15.0. The summed E-state index contributed by atoms with van der Waals surface area (Å²) >= 11 is 3.29. The van der Waals surface area contributed by atoms with Crippen molar-refractivity contribution in [2.75, 3.05) is 44.7 Å². The van der Waals surface area contributed by atoms with E-state index in [1.807, 2.05) is 13.8 Å². The molecule has 1 aromatic rings. The molecule has 86 heavy (non-hydrogen) atoms. The molecule has 486 valence electrons. The molecule has 9 aliphatic rings. The first kappa shape index (κ1) is 81.8. The molecule has 10 rings (SSSR count). The Morgan fingerprint density at radius 1 is 0.570 bits per heavy atom. The van der Waals surface area contributed by atoms with Gasteiger partial charge in [-0.15, -0.1) is 0 Å². The third-order valence-corrected chi connectivity index (χ3v) is 17.0. The predicted octanol–water partition coefficient (Wildman–Crippen LogP) is -2.07. The molecular weight excluding hydrogens is 1260 g/mol. The van der Waals surface area contributed by atoms with Gasteiger partial charge in [0.2, 0.25) is 41.4 Å². The van der Waals surface area contributed by atoms with Crippen LogP contribution in [0.4, 0.5) is 0 Å². The van der Waals surface area contributed by atoms with Gasteiger partial charge in [0, 0.05) is 106 Å². The van der Waals surface area contributed by atoms with Gasteiger partial charge in [0.05, 0.1) is 30.2 Å². The van der Waals surface area contributed by atoms with Crippen LogP contribution in [0.25, 0.3) is 0 Å². The molecule has 0 spiro atoms. The zero-order valence-electron chi connectivity index (χ0n) is 51.9. The van der Waals surface area contributed by atoms with Gasteiger partial charge >= 0.3 is 18.9 Å². The van der Waals surface area contributed by atoms with Crippen LogP contribution in [0.5, 0.6) is 0 Å². The number of aryl methyl sites for hydroxylation is 1. The van der Waals surface area contributed by atoms with Crippen molar-refractivity contribution in [3.8, 4) is 0 Å². The Kier molecular flexibility index (Phi) is 42.9. The molecule has 0 saturated carbocycles. The first-order valence-corrected chi connectivity index (χ1v) is 32.4. The zero-order valence-corrected chi connectivity index (χ0v) is 55.9. The van der Waals surface area contributed by atoms with Crippen molar-refractivity contribution in [2.24, 2.45) is 0 Å². The van der Waals surface area contributed by atoms with Crippen molar-refractivity contribution in [3.63, 3.8) is 0 Å². The quantitative estimate of drug-likeness (QED) is 0.0684. The number of carbonyl (C=O) groups excluding carboxylic acids is 7. The standard InChI is InChI=1S/C12H15NO4S.C11H20N2O.C10H18N2O.C6H11NO.C5H8BrNO.C5H9NO2.C5H9NO.2C2H4O2.BrH.Li/c1-9-2-5-11(6-3-9)18(15,16)17-8-10-4-7-12(14)13-10;1-2-9-3-4-11(14)13(9)10-5-7-12-8-6-10;1-8-2-3-10(13)12(8)9-4-6-11-7-5-9;1-2-5-3-4-6(8)7-5;6-3-4-1-2-5(8)7-4;7-3-4-1-2-5(8)6-4;1-4-2-3-5(7)6-4;2*1-2(3)4;;/h2-3,5-6,10H,4,7-8H2,1H3,(H,13,14);9-10,12H,2-8H2,1H3;8-9,11H,2-7H2,1H3;5H,2-4H2,1H3,(H,7,8);4H,1-3H2,(H,7,8);4,7H,1-3H2,(H,6,8);4H,2-3H2,1H3,(H,6,7);2*1H3,(H,3,4);1H;/q;;;;;;;;;;+1/p-1/t10-;9-;8-;5-;3*4-;;;;/m0111001..../s1. The number of rotatable bonds is 10. The van der Waals surface area contributed by atoms with Gasteiger partial charge in [0.25, 0.3) is 22.1 Å². The van der Waals surface area contributed by atoms with E-state index in [4.69, 9.17) is 29.1 Å². The summed E-state index contributed by atoms with van der Waals surface area (Å²) in [4.78, 5) is 98.5. The van der Waals surface area contributed by atoms with E-state index in [-0.39, 0.29) is 95.6 Å². The van der Waals surface area contributed by atoms with Crippen molar-refractivity contribution >= 4 is 79.3 Å². The number of carboxylic acids is 2. The molecule has 9 aliphatic heterocycles. The second-order valence-corrected chi connectivity index (χ2v) is 24.4. The number of carboxylic acid groups (broad SMARTS) is 2. The number of aliphatic carboxylic acids is 2. The topological polar surface area (TPSA) is 348 Å². The summed E-state index contributed by atoms with van der Waals surface area (Å²) in [7, 11) is -3.73. The smallest absolute Gasteiger partial charge is 1.00 e. The molecule has 0 radical (unpaired) electrons. The molecule has 7 atom stereocenters. The van der Waals surface area contributed by atoms with Crippen LogP contribution in [0, 0.1) is 6.92 Å². The minimum atomic E-state index is -3.73. The van der Waals surface area contributed by atoms with Gasteiger partial charge in [-0.1, -0.05) is 47.5 Å². The largest absolute Gasteiger partial charge is 1.00 e. The van der Waals surface area contributed by atoms with E-state index >= 15 is 0 Å². The molecule has 28 heteroatoms. The van der Waals surface area contributed by atoms with Crippen LogP contribution < -0.4 is 73.1 Å². The number of aliphatic hydroxyl groups is 1. The number of benzene rings is 1. The Morgan fingerprint density at radius 3 is 1.28 bits per heavy atom. The van der Waals surface area contributed by atoms with E-state index in [1.165, 1.54) is 12.1 Å². The van der Waals surface area contributed by atoms with Gasteiger partial charge in [-0.05, 0) is 143 Å². The van der Waals surface area contributed by atoms with E-state index in [0.29, 0.717) is 79.8 Å². The van der Waals surface area contributed by atoms with Crippen LogP contribution in [-0.2, 0) is 57.5 Å². The average Bonchev–Trinajstić information content (AvgIpc) is 2.54. The molecule has 0 unspecified atom stereocenters. The Balaban J connectivity index is 0.000000977. The maximum atomic E-state index is 11.8. The average molecular weight is 1360 g/mol. The SMILES string of the molecule is CC(=O)O.CC(=O)O.CC[C@@H]1CCC(=O)N1.CC[C@@H]1CCC(=O)N1C1CCNCC1.C[C@@H]1CCC(=O)N1.C[C@@H]1CCC(=O)N1C1CCNCC1.Cc1ccc(S(=O)(=O)OC[C@@H]2CCC(=O)N2)cc1.O=C1CC[C@@H](CBr)N1.O=C1CC[C@@H](CO)N1.[Br-].[Li+]. The number of piperidine rings is 2. The van der Waals surface area contributed by atoms with Crippen LogP contribution in [0.15, 0.2) is 29.2 Å². The molecule has 7 amide bonds. The van der Waals surface area contributed by atoms with Crippen molar-refractivity contribution in [3.05, 3.63) is 29.8 Å². The van der Waals surface area contributed by atoms with Gasteiger partial charge in [0.1, 0.15) is 0 Å². The van der Waals surface area contributed by atoms with E-state index in [2.05, 4.69) is 83.7 Å². The van der Waals surface area contributed by atoms with Crippen LogP contribution in [0.1, 0.15) is 176 Å². The first-order valence-electron chi connectivity index (χ1n) is 29.8. The Bertz CT molecular complexity index is 2260. The maximum Gasteiger partial charge on any atom is 1.00 e. The Morgan fingerprint density at radius 2 is 0.965 bits per heavy atom. The summed E-state index contributed by atoms with van der Waals surface area (Å²) < 4.78 is 28.6. The number of nitrogens with zero attached hydrogens (tertiary/aromatic N) is 2. The minimum absolute atomic E-state index is 0. The van der Waals surface area contributed by atoms with Gasteiger partial charge in [-0.3, -0.25) is 47.3 Å². The minimum Gasteiger partial charge on any atom is -1.00 e. The molecular formula is C58H98Br2LiN9O15S. The molecule has 9 fully saturated rings. The van der Waals surface area contributed by atoms with Gasteiger partial charge in [0.15, 0.2) is 0 Å². The van der Waals surface area contributed by atoms with Gasteiger partial charge in [-0.25, -0.2) is 0 Å². The Labute approximate surface area is 540 Å². The molecule has 9 heterocycles. The number of carbonyl (C=O) groups is 9. The molecule has 1 aromatic carbocycles. The van der Waals surface area contributed by atoms with Crippen molar-refractivity contribution in [2.45, 2.75) is 236 Å². The maximum absolute atomic E-state index is 11.8. The van der Waals surface area contributed by atoms with E-state index < -0.39 is 22.1 Å². The molecule has 9 saturated heterocycles. The summed E-state index contributed by atoms with van der Waals surface area (Å²) in [5.41, 5.74) is 0.983. The summed E-state index contributed by atoms with van der Waals surface area (Å²) in [5.74, 6) is -0.290. The Hall–Kier alpha value is -4.20. The normalized spacial score (nSPS) is 24.7. The first-order chi connectivity index (χ1) is 39.8. The van der Waals surface area contributed by atoms with Crippen LogP contribution in [0.3, 0.4) is 0 Å². The van der Waals surface area contributed by atoms with Crippen LogP contribution in [0.2, 0.25) is 0 Å². The second-order valence-electron chi connectivity index (χ2n) is 22.1. The third kappa shape index (κ3) is 34.0. The van der Waals surface area contributed by atoms with Crippen LogP contribution in [-0.4, -0.2) is 186 Å². The van der Waals surface area contributed by atoms with Gasteiger partial charge in [-0.2, -0.15) is 8.42 Å². The number of hydrogen-bond acceptors (Lipinski definition) is 15. The van der Waals surface area contributed by atoms with E-state index in [9.17, 15) is 42.0 Å². The predicted molar refractivity (Wildman–Crippen MR) is 321 cm³/mol. The number of amides is 7. The molecule has 0 aliphatic carbocycles. The van der Waals surface area contributed by atoms with Gasteiger partial charge < -0.3 is 79.3 Å². The fraction of sp³-hybridized carbons (Fsp3) is 0.741. The van der Waals surface area contributed by atoms with E-state index in [1.54, 1.807) is 12.1 Å². The number of nitrogens with one attached hydrogen (secondary N) is 7. The second kappa shape index (κ2) is 45.1. The summed E-state index contributed by atoms with van der Waals surface area (Å²) in [6.07, 6.45) is 18.0. The number of halogens is 2. The number of likely N-dealkylation sites (tertiary alicyclic amines) is 2. The molecule has 24 nitrogen and oxygen atoms in total. The number of hydrogen-bond donors (Lipinski definition) is 10. The van der Waals surface area contributed by atoms with E-state index in [0.717, 1.165) is 154 Å². The summed E-state index contributed by atoms with van der Waals surface area (Å²) in [6, 6.07) is 9.62. The zero-order chi connectivity index (χ0) is 62.8. The van der Waals surface area contributed by atoms with Crippen LogP contribution >= 0.6 is 15.9 Å². The fourth-order valence-electron chi connectivity index (χ4n) is 10.3. The number of alkyl halides is 1. The molecule has 0 bridgehead atoms. The van der Waals surface area contributed by atoms with Crippen molar-refractivity contribution < 1.29 is 107 Å². The summed E-state index contributed by atoms with van der Waals surface area (Å²) in [5, 5.41) is 44.6. The van der Waals surface area contributed by atoms with Crippen molar-refractivity contribution in [1.82, 2.24) is 47.0 Å². The molecule has 10 N–H and O–H groups in total. The monoisotopic (exact) mass is 1360 g/mol. The molecule has 0 aromatic heterocycles. The van der Waals surface area contributed by atoms with Crippen molar-refractivity contribution in [1.29, 1.82) is 0 Å². The summed E-state index contributed by atoms with van der Waals surface area (Å²) in [6.45, 7) is 16.9. The fourth-order valence-corrected chi connectivity index (χ4v) is 11.8.